The highest BCUT2D eigenvalue weighted by molar-refractivity contribution is 7.90. The number of benzene rings is 2. The van der Waals surface area contributed by atoms with E-state index in [2.05, 4.69) is 11.6 Å². The number of amides is 3. The van der Waals surface area contributed by atoms with Gasteiger partial charge < -0.3 is 9.64 Å². The number of carbonyl (C=O) groups excluding carboxylic acids is 2. The first-order chi connectivity index (χ1) is 20.3. The van der Waals surface area contributed by atoms with E-state index in [1.54, 1.807) is 18.2 Å². The molecule has 0 radical (unpaired) electrons. The average molecular weight is 595 g/mol. The van der Waals surface area contributed by atoms with Gasteiger partial charge in [0.25, 0.3) is 15.9 Å². The summed E-state index contributed by atoms with van der Waals surface area (Å²) in [5.41, 5.74) is 2.36. The molecule has 9 nitrogen and oxygen atoms in total. The molecule has 1 aliphatic carbocycles. The van der Waals surface area contributed by atoms with Crippen LogP contribution in [0.25, 0.3) is 11.1 Å². The largest absolute Gasteiger partial charge is 0.377 e. The molecule has 3 amide bonds. The van der Waals surface area contributed by atoms with Gasteiger partial charge in [0.1, 0.15) is 11.4 Å². The van der Waals surface area contributed by atoms with Crippen molar-refractivity contribution in [1.82, 2.24) is 14.5 Å². The van der Waals surface area contributed by atoms with Crippen molar-refractivity contribution in [1.29, 1.82) is 0 Å². The van der Waals surface area contributed by atoms with Crippen molar-refractivity contribution in [3.8, 4) is 11.1 Å². The molecule has 1 N–H and O–H groups in total. The molecular weight excluding hydrogens is 552 g/mol. The lowest BCUT2D eigenvalue weighted by atomic mass is 9.96. The number of likely N-dealkylation sites (tertiary alicyclic amines) is 1. The van der Waals surface area contributed by atoms with Crippen molar-refractivity contribution in [2.45, 2.75) is 95.2 Å². The van der Waals surface area contributed by atoms with Gasteiger partial charge in [0.15, 0.2) is 0 Å². The first kappa shape index (κ1) is 30.2. The average Bonchev–Trinajstić information content (AvgIpc) is 3.74. The zero-order valence-electron chi connectivity index (χ0n) is 24.7. The lowest BCUT2D eigenvalue weighted by Gasteiger charge is -2.23. The Labute approximate surface area is 249 Å². The highest BCUT2D eigenvalue weighted by Crippen LogP contribution is 2.40. The molecule has 5 rings (SSSR count). The van der Waals surface area contributed by atoms with E-state index in [1.165, 1.54) is 11.0 Å². The van der Waals surface area contributed by atoms with E-state index in [9.17, 15) is 18.0 Å². The maximum Gasteiger partial charge on any atom is 0.331 e. The normalized spacial score (nSPS) is 18.2. The van der Waals surface area contributed by atoms with Crippen LogP contribution in [0.5, 0.6) is 0 Å². The van der Waals surface area contributed by atoms with E-state index in [0.29, 0.717) is 37.4 Å². The number of hydrogen-bond donors (Lipinski definition) is 1. The molecule has 1 saturated heterocycles. The Morgan fingerprint density at radius 1 is 1.02 bits per heavy atom. The zero-order chi connectivity index (χ0) is 29.7. The van der Waals surface area contributed by atoms with Gasteiger partial charge in [-0.2, -0.15) is 0 Å². The van der Waals surface area contributed by atoms with Gasteiger partial charge in [0.2, 0.25) is 0 Å². The molecular formula is C32H42N4O5S. The Hall–Kier alpha value is -3.24. The quantitative estimate of drug-likeness (QED) is 0.363. The third-order valence-electron chi connectivity index (χ3n) is 8.54. The van der Waals surface area contributed by atoms with E-state index in [-0.39, 0.29) is 17.4 Å². The topological polar surface area (TPSA) is 108 Å². The summed E-state index contributed by atoms with van der Waals surface area (Å²) >= 11 is 0. The van der Waals surface area contributed by atoms with Crippen molar-refractivity contribution >= 4 is 27.8 Å². The van der Waals surface area contributed by atoms with Crippen LogP contribution in [-0.4, -0.2) is 61.2 Å². The number of nitrogens with zero attached hydrogens (tertiary/aromatic N) is 3. The smallest absolute Gasteiger partial charge is 0.331 e. The van der Waals surface area contributed by atoms with Crippen molar-refractivity contribution < 1.29 is 22.7 Å². The Bertz CT molecular complexity index is 1440. The molecule has 1 saturated carbocycles. The number of unbranched alkanes of at least 4 members (excludes halogenated alkanes) is 1. The summed E-state index contributed by atoms with van der Waals surface area (Å²) < 4.78 is 35.0. The highest BCUT2D eigenvalue weighted by atomic mass is 32.2. The van der Waals surface area contributed by atoms with E-state index < -0.39 is 21.6 Å². The van der Waals surface area contributed by atoms with Crippen LogP contribution in [0, 0.1) is 0 Å². The number of carbonyl (C=O) groups is 2. The molecule has 10 heteroatoms. The third kappa shape index (κ3) is 6.24. The van der Waals surface area contributed by atoms with Crippen LogP contribution in [0.4, 0.5) is 4.79 Å². The molecule has 0 atom stereocenters. The molecule has 2 heterocycles. The van der Waals surface area contributed by atoms with Gasteiger partial charge >= 0.3 is 6.03 Å². The molecule has 2 aromatic carbocycles. The predicted octanol–water partition coefficient (Wildman–Crippen LogP) is 5.63. The Morgan fingerprint density at radius 2 is 1.76 bits per heavy atom. The predicted molar refractivity (Wildman–Crippen MR) is 162 cm³/mol. The van der Waals surface area contributed by atoms with Gasteiger partial charge in [-0.25, -0.2) is 17.9 Å². The second kappa shape index (κ2) is 13.0. The summed E-state index contributed by atoms with van der Waals surface area (Å²) in [6, 6.07) is 12.0. The van der Waals surface area contributed by atoms with Crippen LogP contribution in [0.1, 0.15) is 82.8 Å². The molecule has 0 unspecified atom stereocenters. The fourth-order valence-electron chi connectivity index (χ4n) is 6.30. The Kier molecular flexibility index (Phi) is 9.32. The molecule has 2 aromatic rings. The Balaban J connectivity index is 1.45. The van der Waals surface area contributed by atoms with Crippen LogP contribution < -0.4 is 4.72 Å². The van der Waals surface area contributed by atoms with Crippen LogP contribution in [0.3, 0.4) is 0 Å². The zero-order valence-corrected chi connectivity index (χ0v) is 25.5. The third-order valence-corrected chi connectivity index (χ3v) is 9.91. The summed E-state index contributed by atoms with van der Waals surface area (Å²) in [4.78, 5) is 34.8. The van der Waals surface area contributed by atoms with E-state index in [0.717, 1.165) is 74.7 Å². The van der Waals surface area contributed by atoms with Crippen LogP contribution in [0.15, 0.2) is 52.4 Å². The minimum atomic E-state index is -4.13. The van der Waals surface area contributed by atoms with Crippen LogP contribution >= 0.6 is 0 Å². The minimum absolute atomic E-state index is 0.0370. The summed E-state index contributed by atoms with van der Waals surface area (Å²) in [5.74, 6) is 0.982. The molecule has 42 heavy (non-hydrogen) atoms. The minimum Gasteiger partial charge on any atom is -0.377 e. The van der Waals surface area contributed by atoms with Crippen molar-refractivity contribution in [3.05, 3.63) is 53.6 Å². The Morgan fingerprint density at radius 3 is 2.48 bits per heavy atom. The molecule has 0 bridgehead atoms. The molecule has 1 spiro atoms. The highest BCUT2D eigenvalue weighted by Gasteiger charge is 2.49. The van der Waals surface area contributed by atoms with Crippen molar-refractivity contribution in [3.63, 3.8) is 0 Å². The lowest BCUT2D eigenvalue weighted by molar-refractivity contribution is -0.131. The van der Waals surface area contributed by atoms with E-state index in [4.69, 9.17) is 9.73 Å². The first-order valence-electron chi connectivity index (χ1n) is 15.3. The number of aliphatic imine (C=N–C) groups is 1. The summed E-state index contributed by atoms with van der Waals surface area (Å²) in [6.45, 7) is 6.34. The van der Waals surface area contributed by atoms with Gasteiger partial charge in [0, 0.05) is 31.7 Å². The number of rotatable bonds is 11. The van der Waals surface area contributed by atoms with Gasteiger partial charge in [-0.05, 0) is 61.8 Å². The molecule has 0 aromatic heterocycles. The number of urea groups is 1. The summed E-state index contributed by atoms with van der Waals surface area (Å²) in [7, 11) is -4.13. The van der Waals surface area contributed by atoms with Gasteiger partial charge in [-0.3, -0.25) is 14.7 Å². The van der Waals surface area contributed by atoms with Crippen LogP contribution in [0.2, 0.25) is 0 Å². The van der Waals surface area contributed by atoms with Gasteiger partial charge in [0.05, 0.1) is 18.0 Å². The fraction of sp³-hybridized carbons (Fsp3) is 0.531. The van der Waals surface area contributed by atoms with Gasteiger partial charge in [-0.1, -0.05) is 62.6 Å². The first-order valence-corrected chi connectivity index (χ1v) is 16.8. The second-order valence-electron chi connectivity index (χ2n) is 11.5. The number of sulfonamides is 1. The SMILES string of the molecule is CCCCC1=NC2(CCCC2)C(=O)N1Cc1ccc(-c2ccccc2S(=O)(=O)NC(=O)N2CCCC2)c(COCC)c1. The van der Waals surface area contributed by atoms with Gasteiger partial charge in [-0.15, -0.1) is 0 Å². The summed E-state index contributed by atoms with van der Waals surface area (Å²) in [5, 5.41) is 0. The van der Waals surface area contributed by atoms with E-state index >= 15 is 0 Å². The maximum atomic E-state index is 13.7. The number of hydrogen-bond acceptors (Lipinski definition) is 6. The van der Waals surface area contributed by atoms with E-state index in [1.807, 2.05) is 30.0 Å². The number of amidine groups is 1. The fourth-order valence-corrected chi connectivity index (χ4v) is 7.49. The molecule has 2 aliphatic heterocycles. The number of ether oxygens (including phenoxy) is 1. The van der Waals surface area contributed by atoms with Crippen molar-refractivity contribution in [2.24, 2.45) is 4.99 Å². The molecule has 3 aliphatic rings. The monoisotopic (exact) mass is 594 g/mol. The summed E-state index contributed by atoms with van der Waals surface area (Å²) in [6.07, 6.45) is 8.20. The standard InChI is InChI=1S/C32H42N4O5S/c1-3-5-14-29-33-32(17-8-9-18-32)30(37)36(29)22-24-15-16-26(25(21-24)23-41-4-2)27-12-6-7-13-28(27)42(39,40)34-31(38)35-19-10-11-20-35/h6-7,12-13,15-16,21H,3-5,8-11,14,17-20,22-23H2,1-2H3,(H,34,38). The molecule has 2 fully saturated rings. The van der Waals surface area contributed by atoms with Crippen molar-refractivity contribution in [2.75, 3.05) is 19.7 Å². The maximum absolute atomic E-state index is 13.7. The van der Waals surface area contributed by atoms with Crippen LogP contribution in [-0.2, 0) is 32.7 Å². The number of nitrogens with one attached hydrogen (secondary N) is 1. The lowest BCUT2D eigenvalue weighted by Crippen LogP contribution is -2.41. The second-order valence-corrected chi connectivity index (χ2v) is 13.1. The molecule has 226 valence electrons.